The first-order valence-electron chi connectivity index (χ1n) is 7.30. The van der Waals surface area contributed by atoms with Crippen molar-refractivity contribution in [1.29, 1.82) is 0 Å². The van der Waals surface area contributed by atoms with Gasteiger partial charge in [0.15, 0.2) is 5.82 Å². The monoisotopic (exact) mass is 363 g/mol. The molecule has 1 amide bonds. The van der Waals surface area contributed by atoms with Crippen LogP contribution in [-0.4, -0.2) is 25.5 Å². The molecule has 0 radical (unpaired) electrons. The van der Waals surface area contributed by atoms with Crippen LogP contribution in [0, 0.1) is 0 Å². The lowest BCUT2D eigenvalue weighted by Crippen LogP contribution is -2.24. The van der Waals surface area contributed by atoms with E-state index in [1.165, 1.54) is 10.9 Å². The van der Waals surface area contributed by atoms with Crippen molar-refractivity contribution in [1.82, 2.24) is 19.6 Å². The first kappa shape index (κ1) is 16.5. The lowest BCUT2D eigenvalue weighted by molar-refractivity contribution is -0.119. The number of amides is 1. The van der Waals surface area contributed by atoms with Crippen molar-refractivity contribution in [3.05, 3.63) is 64.5 Å². The maximum atomic E-state index is 12.3. The van der Waals surface area contributed by atoms with E-state index in [2.05, 4.69) is 15.5 Å². The summed E-state index contributed by atoms with van der Waals surface area (Å²) < 4.78 is 3.23. The summed E-state index contributed by atoms with van der Waals surface area (Å²) in [4.78, 5) is 12.3. The molecule has 1 atom stereocenters. The van der Waals surface area contributed by atoms with E-state index in [4.69, 9.17) is 23.2 Å². The van der Waals surface area contributed by atoms with E-state index < -0.39 is 6.04 Å². The van der Waals surface area contributed by atoms with Gasteiger partial charge in [-0.05, 0) is 24.6 Å². The van der Waals surface area contributed by atoms with Crippen LogP contribution in [0.5, 0.6) is 0 Å². The van der Waals surface area contributed by atoms with E-state index in [1.807, 2.05) is 24.3 Å². The van der Waals surface area contributed by atoms with Crippen molar-refractivity contribution in [2.75, 3.05) is 5.32 Å². The highest BCUT2D eigenvalue weighted by molar-refractivity contribution is 6.30. The number of aromatic nitrogens is 4. The van der Waals surface area contributed by atoms with Crippen LogP contribution in [0.3, 0.4) is 0 Å². The molecule has 124 valence electrons. The molecule has 2 heterocycles. The molecule has 0 aliphatic carbocycles. The Labute approximate surface area is 149 Å². The number of carbonyl (C=O) groups excluding carboxylic acids is 1. The number of nitrogens with zero attached hydrogens (tertiary/aromatic N) is 4. The van der Waals surface area contributed by atoms with Gasteiger partial charge in [0.2, 0.25) is 5.91 Å². The Hall–Kier alpha value is -2.31. The molecular weight excluding hydrogens is 349 g/mol. The van der Waals surface area contributed by atoms with Crippen LogP contribution in [0.2, 0.25) is 10.0 Å². The van der Waals surface area contributed by atoms with E-state index in [-0.39, 0.29) is 5.91 Å². The fourth-order valence-electron chi connectivity index (χ4n) is 2.22. The van der Waals surface area contributed by atoms with E-state index in [0.29, 0.717) is 22.4 Å². The standard InChI is InChI=1S/C16H15Cl2N5O/c1-11(23-10-14(18)8-19-23)16(24)20-15-5-6-22(21-15)9-12-3-2-4-13(17)7-12/h2-8,10-11H,9H2,1H3,(H,20,21,24). The van der Waals surface area contributed by atoms with Crippen LogP contribution < -0.4 is 5.32 Å². The molecular formula is C16H15Cl2N5O. The number of benzene rings is 1. The molecule has 1 N–H and O–H groups in total. The van der Waals surface area contributed by atoms with Gasteiger partial charge in [-0.1, -0.05) is 35.3 Å². The molecule has 0 aliphatic heterocycles. The van der Waals surface area contributed by atoms with E-state index >= 15 is 0 Å². The van der Waals surface area contributed by atoms with Gasteiger partial charge in [-0.3, -0.25) is 14.2 Å². The molecule has 0 fully saturated rings. The van der Waals surface area contributed by atoms with Crippen LogP contribution >= 0.6 is 23.2 Å². The van der Waals surface area contributed by atoms with Gasteiger partial charge in [0.05, 0.1) is 17.8 Å². The summed E-state index contributed by atoms with van der Waals surface area (Å²) in [5.41, 5.74) is 1.03. The van der Waals surface area contributed by atoms with E-state index in [9.17, 15) is 4.79 Å². The number of rotatable bonds is 5. The van der Waals surface area contributed by atoms with Gasteiger partial charge in [0, 0.05) is 23.5 Å². The number of nitrogens with one attached hydrogen (secondary N) is 1. The molecule has 0 saturated carbocycles. The minimum atomic E-state index is -0.490. The van der Waals surface area contributed by atoms with Gasteiger partial charge >= 0.3 is 0 Å². The summed E-state index contributed by atoms with van der Waals surface area (Å²) in [6.45, 7) is 2.31. The van der Waals surface area contributed by atoms with E-state index in [1.54, 1.807) is 30.1 Å². The first-order valence-corrected chi connectivity index (χ1v) is 8.05. The number of halogens is 2. The molecule has 1 unspecified atom stereocenters. The largest absolute Gasteiger partial charge is 0.307 e. The Morgan fingerprint density at radius 2 is 2.12 bits per heavy atom. The summed E-state index contributed by atoms with van der Waals surface area (Å²) in [6, 6.07) is 8.81. The number of anilines is 1. The Morgan fingerprint density at radius 3 is 2.83 bits per heavy atom. The van der Waals surface area contributed by atoms with Gasteiger partial charge in [-0.25, -0.2) is 0 Å². The first-order chi connectivity index (χ1) is 11.5. The molecule has 24 heavy (non-hydrogen) atoms. The van der Waals surface area contributed by atoms with Crippen LogP contribution in [0.4, 0.5) is 5.82 Å². The van der Waals surface area contributed by atoms with Gasteiger partial charge in [-0.2, -0.15) is 10.2 Å². The molecule has 1 aromatic carbocycles. The third kappa shape index (κ3) is 3.96. The summed E-state index contributed by atoms with van der Waals surface area (Å²) in [6.07, 6.45) is 4.89. The molecule has 0 spiro atoms. The maximum Gasteiger partial charge on any atom is 0.250 e. The average Bonchev–Trinajstić information content (AvgIpc) is 3.16. The average molecular weight is 364 g/mol. The second kappa shape index (κ2) is 7.07. The van der Waals surface area contributed by atoms with Crippen molar-refractivity contribution >= 4 is 34.9 Å². The normalized spacial score (nSPS) is 12.1. The maximum absolute atomic E-state index is 12.3. The Morgan fingerprint density at radius 1 is 1.29 bits per heavy atom. The predicted octanol–water partition coefficient (Wildman–Crippen LogP) is 3.63. The van der Waals surface area contributed by atoms with Gasteiger partial charge in [-0.15, -0.1) is 0 Å². The summed E-state index contributed by atoms with van der Waals surface area (Å²) >= 11 is 11.8. The summed E-state index contributed by atoms with van der Waals surface area (Å²) in [5.74, 6) is 0.259. The Kier molecular flexibility index (Phi) is 4.87. The van der Waals surface area contributed by atoms with Gasteiger partial charge in [0.25, 0.3) is 0 Å². The highest BCUT2D eigenvalue weighted by Gasteiger charge is 2.17. The second-order valence-electron chi connectivity index (χ2n) is 5.33. The molecule has 0 saturated heterocycles. The molecule has 0 aliphatic rings. The second-order valence-corrected chi connectivity index (χ2v) is 6.21. The van der Waals surface area contributed by atoms with Crippen molar-refractivity contribution in [2.45, 2.75) is 19.5 Å². The van der Waals surface area contributed by atoms with E-state index in [0.717, 1.165) is 5.56 Å². The van der Waals surface area contributed by atoms with Crippen LogP contribution in [0.25, 0.3) is 0 Å². The highest BCUT2D eigenvalue weighted by Crippen LogP contribution is 2.15. The molecule has 8 heteroatoms. The van der Waals surface area contributed by atoms with Crippen LogP contribution in [0.1, 0.15) is 18.5 Å². The number of hydrogen-bond donors (Lipinski definition) is 1. The quantitative estimate of drug-likeness (QED) is 0.752. The molecule has 3 aromatic rings. The lowest BCUT2D eigenvalue weighted by Gasteiger charge is -2.11. The lowest BCUT2D eigenvalue weighted by atomic mass is 10.2. The zero-order valence-corrected chi connectivity index (χ0v) is 14.4. The zero-order chi connectivity index (χ0) is 17.1. The summed E-state index contributed by atoms with van der Waals surface area (Å²) in [5, 5.41) is 12.3. The highest BCUT2D eigenvalue weighted by atomic mass is 35.5. The van der Waals surface area contributed by atoms with Gasteiger partial charge in [0.1, 0.15) is 6.04 Å². The smallest absolute Gasteiger partial charge is 0.250 e. The SMILES string of the molecule is CC(C(=O)Nc1ccn(Cc2cccc(Cl)c2)n1)n1cc(Cl)cn1. The zero-order valence-electron chi connectivity index (χ0n) is 12.9. The predicted molar refractivity (Wildman–Crippen MR) is 93.4 cm³/mol. The number of carbonyl (C=O) groups is 1. The fourth-order valence-corrected chi connectivity index (χ4v) is 2.57. The summed E-state index contributed by atoms with van der Waals surface area (Å²) in [7, 11) is 0. The Bertz CT molecular complexity index is 858. The molecule has 2 aromatic heterocycles. The topological polar surface area (TPSA) is 64.7 Å². The molecule has 0 bridgehead atoms. The third-order valence-corrected chi connectivity index (χ3v) is 3.90. The Balaban J connectivity index is 1.64. The third-order valence-electron chi connectivity index (χ3n) is 3.47. The van der Waals surface area contributed by atoms with Crippen molar-refractivity contribution in [3.63, 3.8) is 0 Å². The van der Waals surface area contributed by atoms with Crippen LogP contribution in [-0.2, 0) is 11.3 Å². The molecule has 3 rings (SSSR count). The van der Waals surface area contributed by atoms with Crippen molar-refractivity contribution in [2.24, 2.45) is 0 Å². The minimum absolute atomic E-state index is 0.220. The van der Waals surface area contributed by atoms with Gasteiger partial charge < -0.3 is 5.32 Å². The number of hydrogen-bond acceptors (Lipinski definition) is 3. The van der Waals surface area contributed by atoms with Crippen molar-refractivity contribution < 1.29 is 4.79 Å². The van der Waals surface area contributed by atoms with Crippen molar-refractivity contribution in [3.8, 4) is 0 Å². The molecule has 6 nitrogen and oxygen atoms in total. The van der Waals surface area contributed by atoms with Crippen LogP contribution in [0.15, 0.2) is 48.9 Å². The fraction of sp³-hybridized carbons (Fsp3) is 0.188. The minimum Gasteiger partial charge on any atom is -0.307 e.